The smallest absolute Gasteiger partial charge is 0.340 e. The monoisotopic (exact) mass is 453 g/mol. The van der Waals surface area contributed by atoms with E-state index in [1.54, 1.807) is 12.5 Å². The molecule has 1 aromatic carbocycles. The molecule has 1 aliphatic rings. The van der Waals surface area contributed by atoms with Gasteiger partial charge in [-0.15, -0.1) is 0 Å². The number of anilines is 1. The van der Waals surface area contributed by atoms with Gasteiger partial charge in [0.05, 0.1) is 22.5 Å². The van der Waals surface area contributed by atoms with Gasteiger partial charge in [0.2, 0.25) is 10.0 Å². The highest BCUT2D eigenvalue weighted by atomic mass is 32.2. The number of rotatable bonds is 8. The van der Waals surface area contributed by atoms with Crippen LogP contribution < -0.4 is 10.0 Å². The maximum absolute atomic E-state index is 13.1. The summed E-state index contributed by atoms with van der Waals surface area (Å²) in [4.78, 5) is 8.01. The number of aliphatic imine (C=N–C) groups is 1. The van der Waals surface area contributed by atoms with E-state index in [-0.39, 0.29) is 10.7 Å². The van der Waals surface area contributed by atoms with Gasteiger partial charge < -0.3 is 9.88 Å². The van der Waals surface area contributed by atoms with Gasteiger partial charge in [0.25, 0.3) is 0 Å². The number of nitrogens with one attached hydrogen (secondary N) is 2. The summed E-state index contributed by atoms with van der Waals surface area (Å²) in [6.07, 6.45) is 2.71. The summed E-state index contributed by atoms with van der Waals surface area (Å²) >= 11 is 0. The lowest BCUT2D eigenvalue weighted by Crippen LogP contribution is -2.18. The van der Waals surface area contributed by atoms with Crippen molar-refractivity contribution in [3.05, 3.63) is 54.3 Å². The summed E-state index contributed by atoms with van der Waals surface area (Å²) < 4.78 is 68.1. The number of benzene rings is 1. The van der Waals surface area contributed by atoms with E-state index >= 15 is 0 Å². The van der Waals surface area contributed by atoms with E-state index in [9.17, 15) is 21.6 Å². The molecule has 1 aromatic heterocycles. The minimum Gasteiger partial charge on any atom is -0.340 e. The first-order valence-electron chi connectivity index (χ1n) is 9.39. The first-order valence-corrected chi connectivity index (χ1v) is 10.9. The van der Waals surface area contributed by atoms with Crippen LogP contribution in [-0.4, -0.2) is 37.9 Å². The molecule has 1 aliphatic carbocycles. The Hall–Kier alpha value is -2.92. The Labute approximate surface area is 178 Å². The van der Waals surface area contributed by atoms with Crippen molar-refractivity contribution in [2.45, 2.75) is 36.9 Å². The molecule has 0 atom stereocenters. The van der Waals surface area contributed by atoms with E-state index in [4.69, 9.17) is 0 Å². The first-order chi connectivity index (χ1) is 14.6. The first kappa shape index (κ1) is 22.8. The van der Waals surface area contributed by atoms with Crippen LogP contribution in [0, 0.1) is 0 Å². The Balaban J connectivity index is 2.06. The van der Waals surface area contributed by atoms with E-state index in [0.717, 1.165) is 25.0 Å². The number of allylic oxidation sites excluding steroid dienone is 3. The van der Waals surface area contributed by atoms with Crippen molar-refractivity contribution in [3.8, 4) is 11.3 Å². The molecule has 0 bridgehead atoms. The number of aromatic nitrogens is 2. The van der Waals surface area contributed by atoms with Crippen LogP contribution in [0.4, 0.5) is 18.9 Å². The highest BCUT2D eigenvalue weighted by Crippen LogP contribution is 2.37. The fourth-order valence-electron chi connectivity index (χ4n) is 2.91. The minimum absolute atomic E-state index is 0.00181. The number of nitrogens with zero attached hydrogens (tertiary/aromatic N) is 3. The van der Waals surface area contributed by atoms with Crippen LogP contribution in [0.25, 0.3) is 11.3 Å². The Bertz CT molecular complexity index is 1150. The van der Waals surface area contributed by atoms with Crippen LogP contribution in [0.3, 0.4) is 0 Å². The van der Waals surface area contributed by atoms with Gasteiger partial charge in [-0.3, -0.25) is 0 Å². The molecular formula is C20H22F3N5O2S. The van der Waals surface area contributed by atoms with Crippen molar-refractivity contribution >= 4 is 22.4 Å². The summed E-state index contributed by atoms with van der Waals surface area (Å²) in [7, 11) is -2.45. The molecule has 1 heterocycles. The number of hydrogen-bond acceptors (Lipinski definition) is 5. The van der Waals surface area contributed by atoms with Gasteiger partial charge >= 0.3 is 6.18 Å². The van der Waals surface area contributed by atoms with Gasteiger partial charge in [-0.2, -0.15) is 13.2 Å². The molecule has 3 rings (SSSR count). The van der Waals surface area contributed by atoms with Crippen LogP contribution in [0.5, 0.6) is 0 Å². The van der Waals surface area contributed by atoms with Crippen LogP contribution >= 0.6 is 0 Å². The average molecular weight is 453 g/mol. The van der Waals surface area contributed by atoms with E-state index in [1.165, 1.54) is 32.2 Å². The molecule has 2 N–H and O–H groups in total. The standard InChI is InChI=1S/C20H22F3N5O2S/c1-4-13(20(21,22)23)9-19(24-2)27-17-8-7-15(31(29,30)25-3)10-16(17)18-11-28(12-26-18)14-5-6-14/h4,7-12,14,25,27H,2,5-6H2,1,3H3/b13-4+,19-9+. The molecule has 0 saturated heterocycles. The van der Waals surface area contributed by atoms with Gasteiger partial charge in [-0.1, -0.05) is 6.08 Å². The molecule has 166 valence electrons. The van der Waals surface area contributed by atoms with Gasteiger partial charge in [0.1, 0.15) is 5.82 Å². The van der Waals surface area contributed by atoms with E-state index < -0.39 is 21.8 Å². The molecule has 1 fully saturated rings. The van der Waals surface area contributed by atoms with Crippen LogP contribution in [0.2, 0.25) is 0 Å². The number of imidazole rings is 1. The molecule has 0 amide bonds. The topological polar surface area (TPSA) is 88.4 Å². The average Bonchev–Trinajstić information content (AvgIpc) is 3.47. The Morgan fingerprint density at radius 3 is 2.61 bits per heavy atom. The van der Waals surface area contributed by atoms with Crippen LogP contribution in [-0.2, 0) is 10.0 Å². The van der Waals surface area contributed by atoms with Crippen LogP contribution in [0.15, 0.2) is 64.2 Å². The fourth-order valence-corrected chi connectivity index (χ4v) is 3.67. The van der Waals surface area contributed by atoms with Crippen molar-refractivity contribution < 1.29 is 21.6 Å². The zero-order valence-corrected chi connectivity index (χ0v) is 17.8. The molecule has 1 saturated carbocycles. The molecule has 0 unspecified atom stereocenters. The van der Waals surface area contributed by atoms with Crippen molar-refractivity contribution in [2.24, 2.45) is 4.99 Å². The third-order valence-electron chi connectivity index (χ3n) is 4.78. The third kappa shape index (κ3) is 5.23. The fraction of sp³-hybridized carbons (Fsp3) is 0.300. The highest BCUT2D eigenvalue weighted by Gasteiger charge is 2.32. The molecule has 31 heavy (non-hydrogen) atoms. The summed E-state index contributed by atoms with van der Waals surface area (Å²) in [6, 6.07) is 4.57. The maximum atomic E-state index is 13.1. The summed E-state index contributed by atoms with van der Waals surface area (Å²) in [5, 5.41) is 2.81. The van der Waals surface area contributed by atoms with Crippen molar-refractivity contribution in [1.82, 2.24) is 14.3 Å². The molecule has 0 aliphatic heterocycles. The number of halogens is 3. The molecule has 7 nitrogen and oxygen atoms in total. The second kappa shape index (κ2) is 8.67. The molecule has 11 heteroatoms. The maximum Gasteiger partial charge on any atom is 0.416 e. The second-order valence-electron chi connectivity index (χ2n) is 6.91. The van der Waals surface area contributed by atoms with Gasteiger partial charge in [-0.05, 0) is 57.8 Å². The lowest BCUT2D eigenvalue weighted by molar-refractivity contribution is -0.0883. The van der Waals surface area contributed by atoms with Crippen molar-refractivity contribution in [1.29, 1.82) is 0 Å². The Morgan fingerprint density at radius 1 is 1.35 bits per heavy atom. The summed E-state index contributed by atoms with van der Waals surface area (Å²) in [6.45, 7) is 4.60. The molecule has 0 spiro atoms. The zero-order valence-electron chi connectivity index (χ0n) is 16.9. The second-order valence-corrected chi connectivity index (χ2v) is 8.79. The zero-order chi connectivity index (χ0) is 22.8. The number of sulfonamides is 1. The van der Waals surface area contributed by atoms with E-state index in [2.05, 4.69) is 26.7 Å². The summed E-state index contributed by atoms with van der Waals surface area (Å²) in [5.74, 6) is -0.141. The van der Waals surface area contributed by atoms with Crippen molar-refractivity contribution in [3.63, 3.8) is 0 Å². The number of hydrogen-bond donors (Lipinski definition) is 2. The normalized spacial score (nSPS) is 15.8. The number of alkyl halides is 3. The van der Waals surface area contributed by atoms with Crippen molar-refractivity contribution in [2.75, 3.05) is 12.4 Å². The Kier molecular flexibility index (Phi) is 6.37. The van der Waals surface area contributed by atoms with Gasteiger partial charge in [0.15, 0.2) is 0 Å². The third-order valence-corrected chi connectivity index (χ3v) is 6.19. The largest absolute Gasteiger partial charge is 0.416 e. The van der Waals surface area contributed by atoms with Gasteiger partial charge in [-0.25, -0.2) is 23.1 Å². The predicted molar refractivity (Wildman–Crippen MR) is 113 cm³/mol. The van der Waals surface area contributed by atoms with E-state index in [1.807, 2.05) is 4.57 Å². The molecule has 2 aromatic rings. The molecule has 0 radical (unpaired) electrons. The quantitative estimate of drug-likeness (QED) is 0.462. The van der Waals surface area contributed by atoms with Gasteiger partial charge in [0, 0.05) is 23.5 Å². The van der Waals surface area contributed by atoms with Crippen LogP contribution in [0.1, 0.15) is 25.8 Å². The predicted octanol–water partition coefficient (Wildman–Crippen LogP) is 4.26. The van der Waals surface area contributed by atoms with E-state index in [0.29, 0.717) is 23.0 Å². The lowest BCUT2D eigenvalue weighted by Gasteiger charge is -2.14. The lowest BCUT2D eigenvalue weighted by atomic mass is 10.1. The molecular weight excluding hydrogens is 431 g/mol. The summed E-state index contributed by atoms with van der Waals surface area (Å²) in [5.41, 5.74) is 0.330. The SMILES string of the molecule is C=N/C(=C\C(=C/C)C(F)(F)F)Nc1ccc(S(=O)(=O)NC)cc1-c1cn(C2CC2)cn1. The highest BCUT2D eigenvalue weighted by molar-refractivity contribution is 7.89. The Morgan fingerprint density at radius 2 is 2.06 bits per heavy atom. The minimum atomic E-state index is -4.55.